The summed E-state index contributed by atoms with van der Waals surface area (Å²) in [4.78, 5) is 14.8. The molecule has 0 aliphatic carbocycles. The molecular weight excluding hydrogens is 240 g/mol. The highest BCUT2D eigenvalue weighted by Crippen LogP contribution is 2.36. The van der Waals surface area contributed by atoms with Crippen molar-refractivity contribution in [2.45, 2.75) is 32.6 Å². The minimum atomic E-state index is -0.170. The van der Waals surface area contributed by atoms with Gasteiger partial charge in [0.05, 0.1) is 12.0 Å². The second-order valence-corrected chi connectivity index (χ2v) is 5.31. The van der Waals surface area contributed by atoms with Gasteiger partial charge < -0.3 is 15.0 Å². The third-order valence-corrected chi connectivity index (χ3v) is 3.94. The normalized spacial score (nSPS) is 18.0. The molecule has 1 fully saturated rings. The van der Waals surface area contributed by atoms with E-state index in [0.29, 0.717) is 19.7 Å². The van der Waals surface area contributed by atoms with Gasteiger partial charge in [-0.25, -0.2) is 0 Å². The molecule has 0 spiro atoms. The molecule has 1 N–H and O–H groups in total. The van der Waals surface area contributed by atoms with Gasteiger partial charge in [-0.3, -0.25) is 4.79 Å². The fourth-order valence-electron chi connectivity index (χ4n) is 2.92. The topological polar surface area (TPSA) is 41.6 Å². The Morgan fingerprint density at radius 1 is 1.47 bits per heavy atom. The molecule has 0 aromatic rings. The summed E-state index contributed by atoms with van der Waals surface area (Å²) in [5, 5.41) is 3.35. The van der Waals surface area contributed by atoms with E-state index in [9.17, 15) is 4.79 Å². The second kappa shape index (κ2) is 8.33. The van der Waals surface area contributed by atoms with Crippen LogP contribution >= 0.6 is 0 Å². The van der Waals surface area contributed by atoms with Crippen molar-refractivity contribution in [3.8, 4) is 0 Å². The van der Waals surface area contributed by atoms with Gasteiger partial charge in [0.2, 0.25) is 5.91 Å². The van der Waals surface area contributed by atoms with Crippen molar-refractivity contribution in [2.24, 2.45) is 5.41 Å². The standard InChI is InChI=1S/C15H28N2O2/c1-4-6-15(7-9-16-10-8-15)14(18)17(11-5-2)12-13-19-3/h5,16H,2,4,6-13H2,1,3H3. The van der Waals surface area contributed by atoms with E-state index in [2.05, 4.69) is 18.8 Å². The summed E-state index contributed by atoms with van der Waals surface area (Å²) in [5.41, 5.74) is -0.170. The van der Waals surface area contributed by atoms with Gasteiger partial charge in [-0.05, 0) is 32.4 Å². The summed E-state index contributed by atoms with van der Waals surface area (Å²) in [5.74, 6) is 0.285. The molecule has 0 aromatic carbocycles. The van der Waals surface area contributed by atoms with Gasteiger partial charge in [0.15, 0.2) is 0 Å². The van der Waals surface area contributed by atoms with Crippen molar-refractivity contribution in [3.63, 3.8) is 0 Å². The summed E-state index contributed by atoms with van der Waals surface area (Å²) in [6.07, 6.45) is 5.72. The first kappa shape index (κ1) is 16.2. The van der Waals surface area contributed by atoms with Crippen molar-refractivity contribution in [2.75, 3.05) is 39.9 Å². The van der Waals surface area contributed by atoms with Crippen LogP contribution in [0.4, 0.5) is 0 Å². The summed E-state index contributed by atoms with van der Waals surface area (Å²) >= 11 is 0. The quantitative estimate of drug-likeness (QED) is 0.683. The smallest absolute Gasteiger partial charge is 0.229 e. The van der Waals surface area contributed by atoms with Crippen LogP contribution in [0, 0.1) is 5.41 Å². The van der Waals surface area contributed by atoms with E-state index in [-0.39, 0.29) is 11.3 Å². The first-order valence-electron chi connectivity index (χ1n) is 7.30. The van der Waals surface area contributed by atoms with Crippen LogP contribution in [0.15, 0.2) is 12.7 Å². The van der Waals surface area contributed by atoms with Crippen molar-refractivity contribution in [1.29, 1.82) is 0 Å². The Hall–Kier alpha value is -0.870. The molecule has 19 heavy (non-hydrogen) atoms. The van der Waals surface area contributed by atoms with Crippen molar-refractivity contribution in [3.05, 3.63) is 12.7 Å². The van der Waals surface area contributed by atoms with Gasteiger partial charge in [-0.1, -0.05) is 19.4 Å². The molecule has 1 aliphatic rings. The van der Waals surface area contributed by atoms with E-state index < -0.39 is 0 Å². The molecule has 110 valence electrons. The highest BCUT2D eigenvalue weighted by molar-refractivity contribution is 5.83. The highest BCUT2D eigenvalue weighted by atomic mass is 16.5. The Kier molecular flexibility index (Phi) is 7.10. The largest absolute Gasteiger partial charge is 0.383 e. The zero-order chi connectivity index (χ0) is 14.1. The maximum atomic E-state index is 12.9. The molecule has 1 rings (SSSR count). The van der Waals surface area contributed by atoms with Gasteiger partial charge in [0, 0.05) is 20.2 Å². The second-order valence-electron chi connectivity index (χ2n) is 5.31. The molecule has 1 aliphatic heterocycles. The molecule has 1 saturated heterocycles. The van der Waals surface area contributed by atoms with Gasteiger partial charge in [-0.15, -0.1) is 6.58 Å². The number of nitrogens with one attached hydrogen (secondary N) is 1. The van der Waals surface area contributed by atoms with Crippen LogP contribution in [0.2, 0.25) is 0 Å². The molecule has 0 saturated carbocycles. The van der Waals surface area contributed by atoms with Gasteiger partial charge in [-0.2, -0.15) is 0 Å². The third-order valence-electron chi connectivity index (χ3n) is 3.94. The van der Waals surface area contributed by atoms with Crippen LogP contribution in [0.1, 0.15) is 32.6 Å². The highest BCUT2D eigenvalue weighted by Gasteiger charge is 2.40. The SMILES string of the molecule is C=CCN(CCOC)C(=O)C1(CCC)CCNCC1. The van der Waals surface area contributed by atoms with Crippen LogP contribution in [0.3, 0.4) is 0 Å². The number of piperidine rings is 1. The zero-order valence-corrected chi connectivity index (χ0v) is 12.4. The van der Waals surface area contributed by atoms with E-state index in [4.69, 9.17) is 4.74 Å². The Morgan fingerprint density at radius 3 is 2.68 bits per heavy atom. The Labute approximate surface area is 117 Å². The Balaban J connectivity index is 2.78. The van der Waals surface area contributed by atoms with E-state index in [1.165, 1.54) is 0 Å². The van der Waals surface area contributed by atoms with Crippen LogP contribution in [0.25, 0.3) is 0 Å². The predicted octanol–water partition coefficient (Wildman–Crippen LogP) is 1.82. The predicted molar refractivity (Wildman–Crippen MR) is 78.1 cm³/mol. The molecule has 1 heterocycles. The lowest BCUT2D eigenvalue weighted by Gasteiger charge is -2.40. The van der Waals surface area contributed by atoms with Gasteiger partial charge in [0.25, 0.3) is 0 Å². The van der Waals surface area contributed by atoms with Crippen LogP contribution in [0.5, 0.6) is 0 Å². The average molecular weight is 268 g/mol. The molecule has 0 unspecified atom stereocenters. The molecule has 0 radical (unpaired) electrons. The molecular formula is C15H28N2O2. The summed E-state index contributed by atoms with van der Waals surface area (Å²) < 4.78 is 5.11. The summed E-state index contributed by atoms with van der Waals surface area (Å²) in [6.45, 7) is 9.65. The number of ether oxygens (including phenoxy) is 1. The van der Waals surface area contributed by atoms with Crippen molar-refractivity contribution < 1.29 is 9.53 Å². The third kappa shape index (κ3) is 4.32. The zero-order valence-electron chi connectivity index (χ0n) is 12.4. The fraction of sp³-hybridized carbons (Fsp3) is 0.800. The fourth-order valence-corrected chi connectivity index (χ4v) is 2.92. The summed E-state index contributed by atoms with van der Waals surface area (Å²) in [7, 11) is 1.67. The maximum Gasteiger partial charge on any atom is 0.229 e. The number of amides is 1. The van der Waals surface area contributed by atoms with Crippen LogP contribution in [-0.4, -0.2) is 50.7 Å². The number of hydrogen-bond donors (Lipinski definition) is 1. The Morgan fingerprint density at radius 2 is 2.16 bits per heavy atom. The molecule has 4 heteroatoms. The molecule has 0 atom stereocenters. The summed E-state index contributed by atoms with van der Waals surface area (Å²) in [6, 6.07) is 0. The van der Waals surface area contributed by atoms with E-state index in [1.54, 1.807) is 13.2 Å². The van der Waals surface area contributed by atoms with Crippen LogP contribution in [-0.2, 0) is 9.53 Å². The minimum Gasteiger partial charge on any atom is -0.383 e. The first-order valence-corrected chi connectivity index (χ1v) is 7.30. The van der Waals surface area contributed by atoms with Gasteiger partial charge in [0.1, 0.15) is 0 Å². The average Bonchev–Trinajstić information content (AvgIpc) is 2.44. The number of carbonyl (C=O) groups is 1. The number of hydrogen-bond acceptors (Lipinski definition) is 3. The molecule has 0 bridgehead atoms. The molecule has 0 aromatic heterocycles. The van der Waals surface area contributed by atoms with E-state index in [1.807, 2.05) is 4.90 Å². The van der Waals surface area contributed by atoms with Crippen molar-refractivity contribution >= 4 is 5.91 Å². The van der Waals surface area contributed by atoms with Gasteiger partial charge >= 0.3 is 0 Å². The Bertz CT molecular complexity index is 280. The van der Waals surface area contributed by atoms with E-state index >= 15 is 0 Å². The number of rotatable bonds is 8. The first-order chi connectivity index (χ1) is 9.20. The maximum absolute atomic E-state index is 12.9. The number of methoxy groups -OCH3 is 1. The van der Waals surface area contributed by atoms with Crippen LogP contribution < -0.4 is 5.32 Å². The molecule has 1 amide bonds. The monoisotopic (exact) mass is 268 g/mol. The number of nitrogens with zero attached hydrogens (tertiary/aromatic N) is 1. The lowest BCUT2D eigenvalue weighted by molar-refractivity contribution is -0.144. The molecule has 4 nitrogen and oxygen atoms in total. The van der Waals surface area contributed by atoms with E-state index in [0.717, 1.165) is 38.8 Å². The lowest BCUT2D eigenvalue weighted by Crippen LogP contribution is -2.50. The van der Waals surface area contributed by atoms with Crippen molar-refractivity contribution in [1.82, 2.24) is 10.2 Å². The minimum absolute atomic E-state index is 0.170. The number of carbonyl (C=O) groups excluding carboxylic acids is 1. The lowest BCUT2D eigenvalue weighted by atomic mass is 9.74.